The standard InChI is InChI=1S/C31H58N4O7/c1-13-20(6)27(34(10)30(38)25(18(2)3)32-29(37)26(19(4)5)33(8)9)23(41-11)17-24(36)35-16-14-15-22(35)28(42-12)21(7)31(39)40/h18-23,25-28H,13-17H2,1-12H3,(H,32,37)(H,39,40)/t20?,21?,22-,23?,25?,26?,27?,28?/m0/s1. The summed E-state index contributed by atoms with van der Waals surface area (Å²) in [6.45, 7) is 13.9. The summed E-state index contributed by atoms with van der Waals surface area (Å²) in [7, 11) is 8.45. The minimum absolute atomic E-state index is 0.00136. The summed E-state index contributed by atoms with van der Waals surface area (Å²) in [5.41, 5.74) is 0. The lowest BCUT2D eigenvalue weighted by atomic mass is 9.89. The van der Waals surface area contributed by atoms with Crippen molar-refractivity contribution in [1.82, 2.24) is 20.0 Å². The van der Waals surface area contributed by atoms with Gasteiger partial charge in [-0.1, -0.05) is 48.0 Å². The van der Waals surface area contributed by atoms with E-state index in [0.717, 1.165) is 12.8 Å². The fourth-order valence-corrected chi connectivity index (χ4v) is 6.40. The van der Waals surface area contributed by atoms with Gasteiger partial charge in [0, 0.05) is 27.8 Å². The first-order valence-electron chi connectivity index (χ1n) is 15.4. The van der Waals surface area contributed by atoms with Crippen LogP contribution < -0.4 is 5.32 Å². The summed E-state index contributed by atoms with van der Waals surface area (Å²) in [6, 6.07) is -1.90. The Labute approximate surface area is 253 Å². The summed E-state index contributed by atoms with van der Waals surface area (Å²) in [4.78, 5) is 57.9. The second-order valence-corrected chi connectivity index (χ2v) is 12.8. The van der Waals surface area contributed by atoms with Crippen LogP contribution in [0.15, 0.2) is 0 Å². The van der Waals surface area contributed by atoms with Gasteiger partial charge in [-0.3, -0.25) is 24.1 Å². The Bertz CT molecular complexity index is 889. The third kappa shape index (κ3) is 9.38. The average Bonchev–Trinajstić information content (AvgIpc) is 3.39. The molecule has 7 unspecified atom stereocenters. The molecule has 0 aliphatic carbocycles. The quantitative estimate of drug-likeness (QED) is 0.262. The highest BCUT2D eigenvalue weighted by atomic mass is 16.5. The Hall–Kier alpha value is -2.24. The predicted molar refractivity (Wildman–Crippen MR) is 163 cm³/mol. The van der Waals surface area contributed by atoms with E-state index in [1.165, 1.54) is 7.11 Å². The average molecular weight is 599 g/mol. The summed E-state index contributed by atoms with van der Waals surface area (Å²) in [5.74, 6) is -2.42. The van der Waals surface area contributed by atoms with Crippen LogP contribution in [0.5, 0.6) is 0 Å². The molecule has 1 fully saturated rings. The van der Waals surface area contributed by atoms with E-state index in [4.69, 9.17) is 9.47 Å². The highest BCUT2D eigenvalue weighted by Crippen LogP contribution is 2.29. The smallest absolute Gasteiger partial charge is 0.308 e. The minimum atomic E-state index is -0.968. The number of methoxy groups -OCH3 is 2. The van der Waals surface area contributed by atoms with Crippen molar-refractivity contribution >= 4 is 23.7 Å². The van der Waals surface area contributed by atoms with E-state index in [1.54, 1.807) is 30.9 Å². The number of carboxylic acid groups (broad SMARTS) is 1. The van der Waals surface area contributed by atoms with Crippen LogP contribution in [0.25, 0.3) is 0 Å². The molecule has 2 N–H and O–H groups in total. The number of amides is 3. The van der Waals surface area contributed by atoms with E-state index < -0.39 is 36.2 Å². The van der Waals surface area contributed by atoms with E-state index in [1.807, 2.05) is 60.5 Å². The molecular formula is C31H58N4O7. The van der Waals surface area contributed by atoms with E-state index in [0.29, 0.717) is 13.0 Å². The molecule has 0 aromatic heterocycles. The lowest BCUT2D eigenvalue weighted by molar-refractivity contribution is -0.152. The van der Waals surface area contributed by atoms with Crippen LogP contribution in [-0.4, -0.2) is 122 Å². The molecular weight excluding hydrogens is 540 g/mol. The maximum absolute atomic E-state index is 14.0. The fourth-order valence-electron chi connectivity index (χ4n) is 6.40. The van der Waals surface area contributed by atoms with Crippen LogP contribution in [0, 0.1) is 23.7 Å². The molecule has 8 atom stereocenters. The summed E-state index contributed by atoms with van der Waals surface area (Å²) in [6.07, 6.45) is 0.970. The largest absolute Gasteiger partial charge is 0.481 e. The number of aliphatic carboxylic acids is 1. The second kappa shape index (κ2) is 17.2. The number of carbonyl (C=O) groups excluding carboxylic acids is 3. The van der Waals surface area contributed by atoms with Crippen molar-refractivity contribution < 1.29 is 33.8 Å². The Balaban J connectivity index is 3.26. The van der Waals surface area contributed by atoms with Gasteiger partial charge < -0.3 is 29.7 Å². The van der Waals surface area contributed by atoms with E-state index in [-0.39, 0.29) is 54.0 Å². The molecule has 1 heterocycles. The molecule has 0 saturated carbocycles. The summed E-state index contributed by atoms with van der Waals surface area (Å²) >= 11 is 0. The zero-order chi connectivity index (χ0) is 32.5. The molecule has 1 aliphatic heterocycles. The van der Waals surface area contributed by atoms with Crippen molar-refractivity contribution in [1.29, 1.82) is 0 Å². The second-order valence-electron chi connectivity index (χ2n) is 12.8. The minimum Gasteiger partial charge on any atom is -0.481 e. The number of hydrogen-bond acceptors (Lipinski definition) is 7. The van der Waals surface area contributed by atoms with Crippen molar-refractivity contribution in [3.8, 4) is 0 Å². The molecule has 0 spiro atoms. The highest BCUT2D eigenvalue weighted by Gasteiger charge is 2.43. The number of nitrogens with one attached hydrogen (secondary N) is 1. The summed E-state index contributed by atoms with van der Waals surface area (Å²) < 4.78 is 11.5. The van der Waals surface area contributed by atoms with Gasteiger partial charge in [-0.2, -0.15) is 0 Å². The van der Waals surface area contributed by atoms with Gasteiger partial charge in [0.05, 0.1) is 42.7 Å². The first-order chi connectivity index (χ1) is 19.5. The molecule has 1 saturated heterocycles. The van der Waals surface area contributed by atoms with Crippen molar-refractivity contribution in [2.75, 3.05) is 41.9 Å². The molecule has 1 aliphatic rings. The fraction of sp³-hybridized carbons (Fsp3) is 0.871. The van der Waals surface area contributed by atoms with Crippen LogP contribution in [0.4, 0.5) is 0 Å². The van der Waals surface area contributed by atoms with E-state index >= 15 is 0 Å². The number of carboxylic acids is 1. The van der Waals surface area contributed by atoms with Crippen LogP contribution in [0.1, 0.15) is 74.1 Å². The molecule has 11 heteroatoms. The first-order valence-corrected chi connectivity index (χ1v) is 15.4. The topological polar surface area (TPSA) is 129 Å². The number of likely N-dealkylation sites (N-methyl/N-ethyl adjacent to an activating group) is 2. The highest BCUT2D eigenvalue weighted by molar-refractivity contribution is 5.90. The Morgan fingerprint density at radius 1 is 0.976 bits per heavy atom. The molecule has 0 radical (unpaired) electrons. The molecule has 11 nitrogen and oxygen atoms in total. The predicted octanol–water partition coefficient (Wildman–Crippen LogP) is 2.72. The van der Waals surface area contributed by atoms with Gasteiger partial charge in [0.15, 0.2) is 0 Å². The lowest BCUT2D eigenvalue weighted by Gasteiger charge is -2.41. The lowest BCUT2D eigenvalue weighted by Crippen LogP contribution is -2.59. The van der Waals surface area contributed by atoms with Crippen molar-refractivity contribution in [2.45, 2.75) is 111 Å². The number of rotatable bonds is 17. The molecule has 0 aromatic carbocycles. The van der Waals surface area contributed by atoms with Gasteiger partial charge in [-0.15, -0.1) is 0 Å². The molecule has 0 bridgehead atoms. The molecule has 1 rings (SSSR count). The maximum Gasteiger partial charge on any atom is 0.308 e. The molecule has 42 heavy (non-hydrogen) atoms. The third-order valence-electron chi connectivity index (χ3n) is 8.92. The first kappa shape index (κ1) is 37.8. The molecule has 0 aromatic rings. The Kier molecular flexibility index (Phi) is 15.4. The van der Waals surface area contributed by atoms with E-state index in [2.05, 4.69) is 5.32 Å². The Morgan fingerprint density at radius 3 is 2.00 bits per heavy atom. The van der Waals surface area contributed by atoms with Crippen LogP contribution in [0.2, 0.25) is 0 Å². The summed E-state index contributed by atoms with van der Waals surface area (Å²) in [5, 5.41) is 12.6. The van der Waals surface area contributed by atoms with Crippen molar-refractivity contribution in [3.05, 3.63) is 0 Å². The molecule has 244 valence electrons. The third-order valence-corrected chi connectivity index (χ3v) is 8.92. The van der Waals surface area contributed by atoms with Gasteiger partial charge in [0.1, 0.15) is 6.04 Å². The number of nitrogens with zero attached hydrogens (tertiary/aromatic N) is 3. The zero-order valence-electron chi connectivity index (χ0n) is 28.0. The van der Waals surface area contributed by atoms with Crippen molar-refractivity contribution in [2.24, 2.45) is 23.7 Å². The number of ether oxygens (including phenoxy) is 2. The number of hydrogen-bond donors (Lipinski definition) is 2. The van der Waals surface area contributed by atoms with Gasteiger partial charge in [0.25, 0.3) is 0 Å². The van der Waals surface area contributed by atoms with Crippen LogP contribution in [0.3, 0.4) is 0 Å². The van der Waals surface area contributed by atoms with Crippen LogP contribution in [-0.2, 0) is 28.7 Å². The van der Waals surface area contributed by atoms with Gasteiger partial charge >= 0.3 is 5.97 Å². The Morgan fingerprint density at radius 2 is 1.57 bits per heavy atom. The number of carbonyl (C=O) groups is 4. The number of likely N-dealkylation sites (tertiary alicyclic amines) is 1. The SMILES string of the molecule is CCC(C)C(C(CC(=O)N1CCC[C@H]1C(OC)C(C)C(=O)O)OC)N(C)C(=O)C(NC(=O)C(C(C)C)N(C)C)C(C)C. The van der Waals surface area contributed by atoms with Crippen molar-refractivity contribution in [3.63, 3.8) is 0 Å². The zero-order valence-corrected chi connectivity index (χ0v) is 28.0. The van der Waals surface area contributed by atoms with E-state index in [9.17, 15) is 24.3 Å². The van der Waals surface area contributed by atoms with Gasteiger partial charge in [-0.05, 0) is 51.6 Å². The van der Waals surface area contributed by atoms with Crippen LogP contribution >= 0.6 is 0 Å². The molecule has 3 amide bonds. The van der Waals surface area contributed by atoms with Gasteiger partial charge in [-0.25, -0.2) is 0 Å². The van der Waals surface area contributed by atoms with Gasteiger partial charge in [0.2, 0.25) is 17.7 Å². The normalized spacial score (nSPS) is 20.6. The monoisotopic (exact) mass is 598 g/mol. The maximum atomic E-state index is 14.0.